The number of amides is 1. The number of hydrogen-bond donors (Lipinski definition) is 1. The Kier molecular flexibility index (Phi) is 7.23. The molecule has 1 rings (SSSR count). The minimum absolute atomic E-state index is 0.136. The molecule has 21 heavy (non-hydrogen) atoms. The number of benzene rings is 1. The third kappa shape index (κ3) is 5.38. The molecule has 5 heteroatoms. The Morgan fingerprint density at radius 1 is 1.24 bits per heavy atom. The number of carbonyl (C=O) groups is 2. The predicted octanol–water partition coefficient (Wildman–Crippen LogP) is 3.97. The van der Waals surface area contributed by atoms with Gasteiger partial charge in [0.05, 0.1) is 0 Å². The normalized spacial score (nSPS) is 10.7. The van der Waals surface area contributed by atoms with E-state index in [1.807, 2.05) is 13.8 Å². The van der Waals surface area contributed by atoms with E-state index in [4.69, 9.17) is 16.7 Å². The lowest BCUT2D eigenvalue weighted by molar-refractivity contribution is -0.137. The molecule has 0 aromatic heterocycles. The minimum atomic E-state index is -1.03. The summed E-state index contributed by atoms with van der Waals surface area (Å²) in [6, 6.07) is 6.75. The molecule has 1 aromatic rings. The molecule has 0 spiro atoms. The van der Waals surface area contributed by atoms with E-state index >= 15 is 0 Å². The molecule has 4 nitrogen and oxygen atoms in total. The van der Waals surface area contributed by atoms with Gasteiger partial charge in [-0.3, -0.25) is 9.59 Å². The van der Waals surface area contributed by atoms with Crippen molar-refractivity contribution in [1.29, 1.82) is 0 Å². The number of rotatable bonds is 8. The van der Waals surface area contributed by atoms with Crippen molar-refractivity contribution in [3.8, 4) is 0 Å². The van der Waals surface area contributed by atoms with Gasteiger partial charge in [0.25, 0.3) is 0 Å². The fourth-order valence-corrected chi connectivity index (χ4v) is 2.57. The summed E-state index contributed by atoms with van der Waals surface area (Å²) >= 11 is 5.95. The van der Waals surface area contributed by atoms with Gasteiger partial charge in [0.15, 0.2) is 0 Å². The molecule has 1 amide bonds. The van der Waals surface area contributed by atoms with E-state index in [1.165, 1.54) is 4.90 Å². The summed E-state index contributed by atoms with van der Waals surface area (Å²) in [5, 5.41) is 9.56. The van der Waals surface area contributed by atoms with Crippen LogP contribution in [0, 0.1) is 5.92 Å². The molecule has 0 unspecified atom stereocenters. The van der Waals surface area contributed by atoms with Gasteiger partial charge in [0.2, 0.25) is 5.91 Å². The molecule has 116 valence electrons. The van der Waals surface area contributed by atoms with Crippen molar-refractivity contribution in [3.05, 3.63) is 29.3 Å². The Hall–Kier alpha value is -1.55. The zero-order valence-corrected chi connectivity index (χ0v) is 13.3. The van der Waals surface area contributed by atoms with E-state index in [-0.39, 0.29) is 18.4 Å². The first-order chi connectivity index (χ1) is 9.99. The molecule has 0 bridgehead atoms. The monoisotopic (exact) mass is 311 g/mol. The van der Waals surface area contributed by atoms with E-state index in [9.17, 15) is 9.59 Å². The van der Waals surface area contributed by atoms with Crippen LogP contribution < -0.4 is 4.90 Å². The fraction of sp³-hybridized carbons (Fsp3) is 0.500. The van der Waals surface area contributed by atoms with E-state index < -0.39 is 5.97 Å². The summed E-state index contributed by atoms with van der Waals surface area (Å²) in [5.74, 6) is -1.31. The lowest BCUT2D eigenvalue weighted by Gasteiger charge is -2.26. The average molecular weight is 312 g/mol. The van der Waals surface area contributed by atoms with Gasteiger partial charge in [0.1, 0.15) is 6.54 Å². The molecule has 0 aliphatic carbocycles. The van der Waals surface area contributed by atoms with Crippen LogP contribution in [0.1, 0.15) is 39.5 Å². The molecule has 0 radical (unpaired) electrons. The van der Waals surface area contributed by atoms with Gasteiger partial charge in [0, 0.05) is 16.6 Å². The van der Waals surface area contributed by atoms with E-state index in [1.54, 1.807) is 24.3 Å². The second kappa shape index (κ2) is 8.67. The number of aliphatic carboxylic acids is 1. The van der Waals surface area contributed by atoms with Crippen molar-refractivity contribution in [2.24, 2.45) is 5.92 Å². The second-order valence-corrected chi connectivity index (χ2v) is 5.51. The van der Waals surface area contributed by atoms with Crippen LogP contribution in [-0.4, -0.2) is 23.5 Å². The van der Waals surface area contributed by atoms with Crippen molar-refractivity contribution in [3.63, 3.8) is 0 Å². The number of carboxylic acids is 1. The van der Waals surface area contributed by atoms with Gasteiger partial charge in [-0.25, -0.2) is 0 Å². The van der Waals surface area contributed by atoms with Crippen molar-refractivity contribution in [1.82, 2.24) is 0 Å². The quantitative estimate of drug-likeness (QED) is 0.790. The standard InChI is InChI=1S/C16H22ClNO3/c1-3-6-12(7-4-2)16(21)18(11-15(19)20)14-9-5-8-13(17)10-14/h5,8-10,12H,3-4,6-7,11H2,1-2H3,(H,19,20). The third-order valence-corrected chi connectivity index (χ3v) is 3.54. The zero-order valence-electron chi connectivity index (χ0n) is 12.5. The number of halogens is 1. The summed E-state index contributed by atoms with van der Waals surface area (Å²) in [7, 11) is 0. The first-order valence-corrected chi connectivity index (χ1v) is 7.66. The Bertz CT molecular complexity index is 484. The lowest BCUT2D eigenvalue weighted by atomic mass is 9.96. The van der Waals surface area contributed by atoms with Gasteiger partial charge < -0.3 is 10.0 Å². The molecule has 0 aliphatic rings. The SMILES string of the molecule is CCCC(CCC)C(=O)N(CC(=O)O)c1cccc(Cl)c1. The Morgan fingerprint density at radius 3 is 2.33 bits per heavy atom. The third-order valence-electron chi connectivity index (χ3n) is 3.30. The Balaban J connectivity index is 3.05. The number of anilines is 1. The van der Waals surface area contributed by atoms with Crippen LogP contribution >= 0.6 is 11.6 Å². The first kappa shape index (κ1) is 17.5. The van der Waals surface area contributed by atoms with E-state index in [2.05, 4.69) is 0 Å². The molecule has 0 saturated carbocycles. The van der Waals surface area contributed by atoms with Gasteiger partial charge in [-0.15, -0.1) is 0 Å². The van der Waals surface area contributed by atoms with Gasteiger partial charge in [-0.1, -0.05) is 44.4 Å². The summed E-state index contributed by atoms with van der Waals surface area (Å²) in [4.78, 5) is 25.1. The number of carboxylic acid groups (broad SMARTS) is 1. The highest BCUT2D eigenvalue weighted by Gasteiger charge is 2.26. The smallest absolute Gasteiger partial charge is 0.323 e. The highest BCUT2D eigenvalue weighted by Crippen LogP contribution is 2.24. The summed E-state index contributed by atoms with van der Waals surface area (Å²) < 4.78 is 0. The Morgan fingerprint density at radius 2 is 1.86 bits per heavy atom. The van der Waals surface area contributed by atoms with E-state index in [0.29, 0.717) is 10.7 Å². The molecule has 1 aromatic carbocycles. The minimum Gasteiger partial charge on any atom is -0.480 e. The second-order valence-electron chi connectivity index (χ2n) is 5.07. The number of carbonyl (C=O) groups excluding carboxylic acids is 1. The van der Waals surface area contributed by atoms with Gasteiger partial charge in [-0.05, 0) is 31.0 Å². The van der Waals surface area contributed by atoms with Crippen LogP contribution in [0.25, 0.3) is 0 Å². The highest BCUT2D eigenvalue weighted by molar-refractivity contribution is 6.31. The fourth-order valence-electron chi connectivity index (χ4n) is 2.38. The molecular weight excluding hydrogens is 290 g/mol. The molecule has 1 N–H and O–H groups in total. The zero-order chi connectivity index (χ0) is 15.8. The largest absolute Gasteiger partial charge is 0.480 e. The van der Waals surface area contributed by atoms with Crippen molar-refractivity contribution in [2.45, 2.75) is 39.5 Å². The predicted molar refractivity (Wildman–Crippen MR) is 84.7 cm³/mol. The first-order valence-electron chi connectivity index (χ1n) is 7.28. The molecular formula is C16H22ClNO3. The van der Waals surface area contributed by atoms with Crippen molar-refractivity contribution < 1.29 is 14.7 Å². The maximum absolute atomic E-state index is 12.7. The highest BCUT2D eigenvalue weighted by atomic mass is 35.5. The van der Waals surface area contributed by atoms with Crippen LogP contribution in [0.2, 0.25) is 5.02 Å². The maximum Gasteiger partial charge on any atom is 0.323 e. The van der Waals surface area contributed by atoms with Crippen LogP contribution in [-0.2, 0) is 9.59 Å². The topological polar surface area (TPSA) is 57.6 Å². The summed E-state index contributed by atoms with van der Waals surface area (Å²) in [6.45, 7) is 3.71. The molecule has 0 aliphatic heterocycles. The lowest BCUT2D eigenvalue weighted by Crippen LogP contribution is -2.40. The van der Waals surface area contributed by atoms with Crippen LogP contribution in [0.15, 0.2) is 24.3 Å². The maximum atomic E-state index is 12.7. The van der Waals surface area contributed by atoms with Crippen molar-refractivity contribution >= 4 is 29.2 Å². The summed E-state index contributed by atoms with van der Waals surface area (Å²) in [5.41, 5.74) is 0.534. The molecule has 0 fully saturated rings. The number of hydrogen-bond acceptors (Lipinski definition) is 2. The summed E-state index contributed by atoms with van der Waals surface area (Å²) in [6.07, 6.45) is 3.33. The van der Waals surface area contributed by atoms with Crippen molar-refractivity contribution in [2.75, 3.05) is 11.4 Å². The van der Waals surface area contributed by atoms with Crippen LogP contribution in [0.3, 0.4) is 0 Å². The van der Waals surface area contributed by atoms with Gasteiger partial charge in [-0.2, -0.15) is 0 Å². The van der Waals surface area contributed by atoms with Gasteiger partial charge >= 0.3 is 5.97 Å². The molecule has 0 heterocycles. The van der Waals surface area contributed by atoms with E-state index in [0.717, 1.165) is 25.7 Å². The van der Waals surface area contributed by atoms with Crippen LogP contribution in [0.4, 0.5) is 5.69 Å². The number of nitrogens with zero attached hydrogens (tertiary/aromatic N) is 1. The Labute approximate surface area is 130 Å². The van der Waals surface area contributed by atoms with Crippen LogP contribution in [0.5, 0.6) is 0 Å². The average Bonchev–Trinajstić information content (AvgIpc) is 2.43. The molecule has 0 atom stereocenters. The molecule has 0 saturated heterocycles.